The van der Waals surface area contributed by atoms with Crippen molar-refractivity contribution >= 4 is 22.7 Å². The lowest BCUT2D eigenvalue weighted by Gasteiger charge is -2.08. The SMILES string of the molecule is CC[n+]1ccc(OCCOCCOCCOCc2cn(-c3ccc4c(C)cc(=O)oc4c3)nn2)cc1SC. The number of aryl methyl sites for hydroxylation is 2. The van der Waals surface area contributed by atoms with Gasteiger partial charge in [0.2, 0.25) is 5.03 Å². The number of aromatic nitrogens is 4. The zero-order chi connectivity index (χ0) is 26.7. The van der Waals surface area contributed by atoms with Crippen molar-refractivity contribution < 1.29 is 27.9 Å². The van der Waals surface area contributed by atoms with Crippen molar-refractivity contribution in [2.75, 3.05) is 45.9 Å². The molecule has 0 bridgehead atoms. The van der Waals surface area contributed by atoms with Gasteiger partial charge in [-0.1, -0.05) is 17.0 Å². The molecule has 38 heavy (non-hydrogen) atoms. The predicted molar refractivity (Wildman–Crippen MR) is 143 cm³/mol. The van der Waals surface area contributed by atoms with Crippen LogP contribution < -0.4 is 14.9 Å². The van der Waals surface area contributed by atoms with Crippen molar-refractivity contribution in [1.82, 2.24) is 15.0 Å². The van der Waals surface area contributed by atoms with E-state index in [1.165, 1.54) is 11.1 Å². The van der Waals surface area contributed by atoms with Gasteiger partial charge in [0.05, 0.1) is 57.6 Å². The number of fused-ring (bicyclic) bond motifs is 1. The molecule has 0 spiro atoms. The molecule has 0 atom stereocenters. The largest absolute Gasteiger partial charge is 0.491 e. The van der Waals surface area contributed by atoms with E-state index in [2.05, 4.69) is 28.1 Å². The van der Waals surface area contributed by atoms with Crippen LogP contribution in [-0.4, -0.2) is 60.9 Å². The van der Waals surface area contributed by atoms with Gasteiger partial charge >= 0.3 is 5.63 Å². The van der Waals surface area contributed by atoms with Crippen molar-refractivity contribution in [1.29, 1.82) is 0 Å². The number of benzene rings is 1. The first-order valence-electron chi connectivity index (χ1n) is 12.5. The molecule has 0 unspecified atom stereocenters. The first-order chi connectivity index (χ1) is 18.6. The topological polar surface area (TPSA) is 102 Å². The second-order valence-electron chi connectivity index (χ2n) is 8.40. The summed E-state index contributed by atoms with van der Waals surface area (Å²) in [6.07, 6.45) is 5.87. The number of thioether (sulfide) groups is 1. The van der Waals surface area contributed by atoms with Crippen molar-refractivity contribution in [3.63, 3.8) is 0 Å². The Labute approximate surface area is 225 Å². The quantitative estimate of drug-likeness (QED) is 0.0970. The lowest BCUT2D eigenvalue weighted by Crippen LogP contribution is -2.34. The molecular weight excluding hydrogens is 508 g/mol. The first kappa shape index (κ1) is 27.8. The Morgan fingerprint density at radius 3 is 2.53 bits per heavy atom. The summed E-state index contributed by atoms with van der Waals surface area (Å²) in [5, 5.41) is 10.3. The maximum Gasteiger partial charge on any atom is 0.336 e. The molecule has 3 heterocycles. The van der Waals surface area contributed by atoms with Gasteiger partial charge in [0.15, 0.2) is 6.20 Å². The van der Waals surface area contributed by atoms with Gasteiger partial charge in [0.1, 0.15) is 30.2 Å². The van der Waals surface area contributed by atoms with Crippen LogP contribution in [0.2, 0.25) is 0 Å². The second kappa shape index (κ2) is 14.1. The van der Waals surface area contributed by atoms with Crippen molar-refractivity contribution in [2.45, 2.75) is 32.0 Å². The Morgan fingerprint density at radius 2 is 1.76 bits per heavy atom. The van der Waals surface area contributed by atoms with Crippen molar-refractivity contribution in [2.24, 2.45) is 0 Å². The van der Waals surface area contributed by atoms with Crippen LogP contribution in [-0.2, 0) is 27.4 Å². The predicted octanol–water partition coefficient (Wildman–Crippen LogP) is 3.34. The minimum atomic E-state index is -0.375. The normalized spacial score (nSPS) is 11.3. The number of rotatable bonds is 15. The molecule has 0 fully saturated rings. The van der Waals surface area contributed by atoms with Crippen LogP contribution in [0.1, 0.15) is 18.2 Å². The standard InChI is InChI=1S/C27H33N4O6S/c1-4-30-8-7-23(17-26(30)38-3)36-14-13-34-10-9-33-11-12-35-19-21-18-31(29-28-21)22-5-6-24-20(2)15-27(32)37-25(24)16-22/h5-8,15-18H,4,9-14,19H2,1-3H3/q+1. The molecule has 0 aliphatic heterocycles. The molecule has 4 aromatic rings. The zero-order valence-corrected chi connectivity index (χ0v) is 22.7. The van der Waals surface area contributed by atoms with E-state index in [4.69, 9.17) is 23.4 Å². The van der Waals surface area contributed by atoms with E-state index in [0.29, 0.717) is 57.5 Å². The van der Waals surface area contributed by atoms with Gasteiger partial charge in [-0.05, 0) is 37.8 Å². The number of hydrogen-bond donors (Lipinski definition) is 0. The van der Waals surface area contributed by atoms with E-state index >= 15 is 0 Å². The highest BCUT2D eigenvalue weighted by molar-refractivity contribution is 7.98. The van der Waals surface area contributed by atoms with Gasteiger partial charge in [-0.2, -0.15) is 4.57 Å². The zero-order valence-electron chi connectivity index (χ0n) is 21.9. The van der Waals surface area contributed by atoms with Gasteiger partial charge in [-0.25, -0.2) is 9.48 Å². The minimum absolute atomic E-state index is 0.314. The fraction of sp³-hybridized carbons (Fsp3) is 0.407. The van der Waals surface area contributed by atoms with Gasteiger partial charge < -0.3 is 23.4 Å². The Bertz CT molecular complexity index is 1390. The average Bonchev–Trinajstić information content (AvgIpc) is 3.40. The maximum absolute atomic E-state index is 11.7. The number of ether oxygens (including phenoxy) is 4. The van der Waals surface area contributed by atoms with E-state index in [1.807, 2.05) is 37.4 Å². The van der Waals surface area contributed by atoms with E-state index < -0.39 is 0 Å². The summed E-state index contributed by atoms with van der Waals surface area (Å²) in [4.78, 5) is 11.7. The molecular formula is C27H33N4O6S+. The molecule has 1 aromatic carbocycles. The van der Waals surface area contributed by atoms with Crippen LogP contribution in [0.25, 0.3) is 16.7 Å². The summed E-state index contributed by atoms with van der Waals surface area (Å²) in [5.41, 5.74) is 2.44. The van der Waals surface area contributed by atoms with Crippen LogP contribution in [0.4, 0.5) is 0 Å². The highest BCUT2D eigenvalue weighted by Crippen LogP contribution is 2.20. The summed E-state index contributed by atoms with van der Waals surface area (Å²) >= 11 is 1.70. The van der Waals surface area contributed by atoms with Gasteiger partial charge in [0, 0.05) is 23.6 Å². The molecule has 4 rings (SSSR count). The van der Waals surface area contributed by atoms with E-state index in [1.54, 1.807) is 28.7 Å². The van der Waals surface area contributed by atoms with E-state index in [9.17, 15) is 4.79 Å². The lowest BCUT2D eigenvalue weighted by molar-refractivity contribution is -0.729. The molecule has 10 nitrogen and oxygen atoms in total. The molecule has 0 saturated heterocycles. The lowest BCUT2D eigenvalue weighted by atomic mass is 10.1. The summed E-state index contributed by atoms with van der Waals surface area (Å²) in [6, 6.07) is 11.1. The van der Waals surface area contributed by atoms with E-state index in [-0.39, 0.29) is 5.63 Å². The molecule has 202 valence electrons. The van der Waals surface area contributed by atoms with Crippen LogP contribution in [0.15, 0.2) is 63.0 Å². The molecule has 0 saturated carbocycles. The van der Waals surface area contributed by atoms with Crippen molar-refractivity contribution in [3.05, 3.63) is 70.5 Å². The van der Waals surface area contributed by atoms with Gasteiger partial charge in [0.25, 0.3) is 0 Å². The highest BCUT2D eigenvalue weighted by atomic mass is 32.2. The Balaban J connectivity index is 1.07. The summed E-state index contributed by atoms with van der Waals surface area (Å²) in [5.74, 6) is 0.844. The monoisotopic (exact) mass is 541 g/mol. The van der Waals surface area contributed by atoms with Gasteiger partial charge in [-0.3, -0.25) is 0 Å². The number of pyridine rings is 1. The highest BCUT2D eigenvalue weighted by Gasteiger charge is 2.10. The van der Waals surface area contributed by atoms with Crippen molar-refractivity contribution in [3.8, 4) is 11.4 Å². The second-order valence-corrected chi connectivity index (χ2v) is 9.23. The number of nitrogens with zero attached hydrogens (tertiary/aromatic N) is 4. The fourth-order valence-electron chi connectivity index (χ4n) is 3.80. The third-order valence-corrected chi connectivity index (χ3v) is 6.52. The molecule has 0 N–H and O–H groups in total. The molecule has 11 heteroatoms. The summed E-state index contributed by atoms with van der Waals surface area (Å²) in [6.45, 7) is 8.08. The molecule has 0 aliphatic rings. The van der Waals surface area contributed by atoms with Crippen LogP contribution >= 0.6 is 11.8 Å². The number of hydrogen-bond acceptors (Lipinski definition) is 9. The van der Waals surface area contributed by atoms with E-state index in [0.717, 1.165) is 28.9 Å². The third kappa shape index (κ3) is 7.64. The smallest absolute Gasteiger partial charge is 0.336 e. The molecule has 0 radical (unpaired) electrons. The molecule has 3 aromatic heterocycles. The van der Waals surface area contributed by atoms with Crippen LogP contribution in [0.3, 0.4) is 0 Å². The summed E-state index contributed by atoms with van der Waals surface area (Å²) < 4.78 is 31.6. The Hall–Kier alpha value is -3.25. The van der Waals surface area contributed by atoms with Gasteiger partial charge in [-0.15, -0.1) is 5.10 Å². The van der Waals surface area contributed by atoms with Crippen LogP contribution in [0, 0.1) is 6.92 Å². The molecule has 0 amide bonds. The minimum Gasteiger partial charge on any atom is -0.491 e. The first-order valence-corrected chi connectivity index (χ1v) is 13.7. The maximum atomic E-state index is 11.7. The fourth-order valence-corrected chi connectivity index (χ4v) is 4.46. The Kier molecular flexibility index (Phi) is 10.3. The third-order valence-electron chi connectivity index (χ3n) is 5.75. The average molecular weight is 542 g/mol. The summed E-state index contributed by atoms with van der Waals surface area (Å²) in [7, 11) is 0. The Morgan fingerprint density at radius 1 is 1.00 bits per heavy atom. The molecule has 0 aliphatic carbocycles. The van der Waals surface area contributed by atoms with Crippen LogP contribution in [0.5, 0.6) is 5.75 Å².